The molecule has 22 nitrogen and oxygen atoms in total. The molecule has 0 aliphatic heterocycles. The van der Waals surface area contributed by atoms with E-state index in [1.807, 2.05) is 80.6 Å². The summed E-state index contributed by atoms with van der Waals surface area (Å²) in [6.45, 7) is 17.9. The number of ketones is 4. The van der Waals surface area contributed by atoms with Crippen molar-refractivity contribution in [1.82, 2.24) is 44.9 Å². The van der Waals surface area contributed by atoms with Crippen LogP contribution in [0.1, 0.15) is 114 Å². The number of nitrogens with zero attached hydrogens (tertiary/aromatic N) is 10. The molecule has 4 atom stereocenters. The average Bonchev–Trinajstić information content (AvgIpc) is 0.848. The van der Waals surface area contributed by atoms with Crippen LogP contribution in [0.15, 0.2) is 237 Å². The van der Waals surface area contributed by atoms with Crippen molar-refractivity contribution in [3.8, 4) is 91.7 Å². The third kappa shape index (κ3) is 22.6. The topological polar surface area (TPSA) is 306 Å². The molecule has 0 saturated heterocycles. The minimum Gasteiger partial charge on any atom is -0.457 e. The number of carbonyl (C=O) groups excluding carboxylic acids is 4. The maximum absolute atomic E-state index is 12.9. The quantitative estimate of drug-likeness (QED) is 0.0323. The molecule has 4 N–H and O–H groups in total. The fraction of sp³-hybridized carbons (Fsp3) is 0.181. The number of aromatic nitrogens is 9. The largest absolute Gasteiger partial charge is 0.457 e. The van der Waals surface area contributed by atoms with E-state index in [2.05, 4.69) is 49.7 Å². The number of carbonyl (C=O) groups is 4. The van der Waals surface area contributed by atoms with Crippen molar-refractivity contribution in [1.29, 1.82) is 0 Å². The van der Waals surface area contributed by atoms with Crippen LogP contribution in [0.2, 0.25) is 0 Å². The third-order valence-corrected chi connectivity index (χ3v) is 15.5. The Kier molecular flexibility index (Phi) is 29.0. The highest BCUT2D eigenvalue weighted by Crippen LogP contribution is 2.30. The van der Waals surface area contributed by atoms with Crippen LogP contribution in [0.4, 0.5) is 10.1 Å². The lowest BCUT2D eigenvalue weighted by molar-refractivity contribution is 0.0731. The highest BCUT2D eigenvalue weighted by Gasteiger charge is 2.22. The average molecular weight is 1430 g/mol. The van der Waals surface area contributed by atoms with E-state index in [0.29, 0.717) is 101 Å². The van der Waals surface area contributed by atoms with Crippen molar-refractivity contribution in [2.75, 3.05) is 0 Å². The number of pyridine rings is 1. The lowest BCUT2D eigenvalue weighted by atomic mass is 10.1. The second-order valence-corrected chi connectivity index (χ2v) is 23.3. The molecule has 5 aromatic heterocycles. The standard InChI is InChI=1S/C21H17N3O3.C21H20N2O3.C20H17FN2O3.C20H19N3O3.CH4/c1-3-19(25)20(26)18-12-13-23-21(24-18)14-4-8-16(9-5-14)27-17-10-6-15(22-2)7-11-17;1-3-19(24)20(25)18-12-13-22-21(23-18)15-6-10-17(11-7-15)26-16-8-4-14(2)5-9-16;1-2-18(24)19(25)17-11-12-22-20(23-17)13-3-7-15(8-4-13)26-16-9-5-14(21)6-10-16;1-3-17(24)19(25)16-10-11-21-20(23-16)14-5-7-15(8-6-14)26-18-9-4-13(2)12-22-18;/h4-13,19,25H,3H2,1H3;4-13,19,24H,3H2,1-2H3;3-12,18,24H,2H2,1H3;4-12,17,24H,3H2,1-2H3;1H4/t2*19-;18-;17-;/m0000./s1. The first-order valence-electron chi connectivity index (χ1n) is 33.4. The fourth-order valence-electron chi connectivity index (χ4n) is 9.39. The molecule has 0 aliphatic carbocycles. The second-order valence-electron chi connectivity index (χ2n) is 23.3. The van der Waals surface area contributed by atoms with Crippen LogP contribution in [-0.4, -0.2) is 113 Å². The Morgan fingerprint density at radius 3 is 0.877 bits per heavy atom. The number of Topliss-reactive ketones (excluding diaryl/α,β-unsaturated/α-hetero) is 4. The molecule has 7 aromatic carbocycles. The first-order valence-corrected chi connectivity index (χ1v) is 33.4. The van der Waals surface area contributed by atoms with Gasteiger partial charge in [-0.2, -0.15) is 0 Å². The lowest BCUT2D eigenvalue weighted by Gasteiger charge is -2.08. The maximum atomic E-state index is 12.9. The van der Waals surface area contributed by atoms with E-state index in [9.17, 15) is 44.0 Å². The molecule has 538 valence electrons. The molecule has 0 saturated carbocycles. The number of rotatable bonds is 24. The molecule has 0 spiro atoms. The predicted octanol–water partition coefficient (Wildman–Crippen LogP) is 16.9. The van der Waals surface area contributed by atoms with Gasteiger partial charge in [0.2, 0.25) is 29.0 Å². The zero-order valence-corrected chi connectivity index (χ0v) is 58.1. The minimum atomic E-state index is -1.07. The SMILES string of the molecule is C.CC[C@H](O)C(=O)c1ccnc(-c2ccc(Oc3ccc(C)cc3)cc2)n1.CC[C@H](O)C(=O)c1ccnc(-c2ccc(Oc3ccc(C)cn3)cc2)n1.CC[C@H](O)C(=O)c1ccnc(-c2ccc(Oc3ccc(F)cc3)cc2)n1.[C-]#[N+]c1ccc(Oc2ccc(-c3nccc(C(=O)[C@@H](O)CC)n3)cc2)cc1. The van der Waals surface area contributed by atoms with Gasteiger partial charge in [-0.3, -0.25) is 19.2 Å². The summed E-state index contributed by atoms with van der Waals surface area (Å²) in [5, 5.41) is 38.8. The van der Waals surface area contributed by atoms with E-state index in [1.165, 1.54) is 66.7 Å². The number of aliphatic hydroxyl groups excluding tert-OH is 4. The maximum Gasteiger partial charge on any atom is 0.219 e. The van der Waals surface area contributed by atoms with Gasteiger partial charge >= 0.3 is 0 Å². The number of halogens is 1. The lowest BCUT2D eigenvalue weighted by Crippen LogP contribution is -2.20. The van der Waals surface area contributed by atoms with Crippen LogP contribution in [0.5, 0.6) is 46.1 Å². The predicted molar refractivity (Wildman–Crippen MR) is 399 cm³/mol. The van der Waals surface area contributed by atoms with Crippen molar-refractivity contribution in [2.24, 2.45) is 0 Å². The van der Waals surface area contributed by atoms with E-state index < -0.39 is 47.5 Å². The summed E-state index contributed by atoms with van der Waals surface area (Å²) >= 11 is 0. The van der Waals surface area contributed by atoms with Crippen molar-refractivity contribution in [2.45, 2.75) is 99.1 Å². The van der Waals surface area contributed by atoms with Crippen LogP contribution in [-0.2, 0) is 0 Å². The molecule has 0 radical (unpaired) electrons. The normalized spacial score (nSPS) is 11.6. The Morgan fingerprint density at radius 1 is 0.358 bits per heavy atom. The fourth-order valence-corrected chi connectivity index (χ4v) is 9.39. The Labute approximate surface area is 612 Å². The molecule has 12 rings (SSSR count). The van der Waals surface area contributed by atoms with E-state index in [-0.39, 0.29) is 36.0 Å². The van der Waals surface area contributed by atoms with Crippen LogP contribution < -0.4 is 18.9 Å². The molecule has 0 fully saturated rings. The summed E-state index contributed by atoms with van der Waals surface area (Å²) in [5.74, 6) is 4.65. The molecular weight excluding hydrogens is 1350 g/mol. The van der Waals surface area contributed by atoms with Crippen molar-refractivity contribution in [3.05, 3.63) is 288 Å². The Hall–Kier alpha value is -12.9. The van der Waals surface area contributed by atoms with Gasteiger partial charge < -0.3 is 39.4 Å². The molecule has 106 heavy (non-hydrogen) atoms. The van der Waals surface area contributed by atoms with E-state index in [1.54, 1.807) is 137 Å². The van der Waals surface area contributed by atoms with Crippen molar-refractivity contribution in [3.63, 3.8) is 0 Å². The third-order valence-electron chi connectivity index (χ3n) is 15.5. The second kappa shape index (κ2) is 39.0. The van der Waals surface area contributed by atoms with Crippen LogP contribution in [0, 0.1) is 26.2 Å². The number of aryl methyl sites for hydroxylation is 2. The van der Waals surface area contributed by atoms with Crippen LogP contribution >= 0.6 is 0 Å². The van der Waals surface area contributed by atoms with Crippen LogP contribution in [0.25, 0.3) is 50.4 Å². The smallest absolute Gasteiger partial charge is 0.219 e. The van der Waals surface area contributed by atoms with E-state index in [0.717, 1.165) is 28.0 Å². The first-order chi connectivity index (χ1) is 50.8. The molecule has 12 aromatic rings. The van der Waals surface area contributed by atoms with Gasteiger partial charge in [-0.15, -0.1) is 0 Å². The van der Waals surface area contributed by atoms with E-state index in [4.69, 9.17) is 25.5 Å². The molecule has 0 amide bonds. The van der Waals surface area contributed by atoms with Gasteiger partial charge in [0.05, 0.1) is 6.57 Å². The van der Waals surface area contributed by atoms with Gasteiger partial charge in [0, 0.05) is 59.3 Å². The summed E-state index contributed by atoms with van der Waals surface area (Å²) in [5.41, 5.74) is 6.51. The van der Waals surface area contributed by atoms with Crippen LogP contribution in [0.3, 0.4) is 0 Å². The molecule has 0 unspecified atom stereocenters. The monoisotopic (exact) mass is 1420 g/mol. The Balaban J connectivity index is 0.000000178. The van der Waals surface area contributed by atoms with Gasteiger partial charge in [0.25, 0.3) is 0 Å². The highest BCUT2D eigenvalue weighted by molar-refractivity contribution is 5.99. The van der Waals surface area contributed by atoms with Gasteiger partial charge in [0.15, 0.2) is 29.0 Å². The first kappa shape index (κ1) is 78.9. The molecule has 0 bridgehead atoms. The summed E-state index contributed by atoms with van der Waals surface area (Å²) < 4.78 is 35.8. The summed E-state index contributed by atoms with van der Waals surface area (Å²) in [4.78, 5) is 89.6. The summed E-state index contributed by atoms with van der Waals surface area (Å²) in [7, 11) is 0. The summed E-state index contributed by atoms with van der Waals surface area (Å²) in [6.07, 6.45) is 4.91. The highest BCUT2D eigenvalue weighted by atomic mass is 19.1. The molecule has 5 heterocycles. The van der Waals surface area contributed by atoms with Crippen molar-refractivity contribution >= 4 is 28.8 Å². The molecular formula is C83H77FN10O12. The number of benzene rings is 7. The van der Waals surface area contributed by atoms with Gasteiger partial charge in [0.1, 0.15) is 93.3 Å². The number of hydrogen-bond donors (Lipinski definition) is 4. The number of ether oxygens (including phenoxy) is 4. The minimum absolute atomic E-state index is 0. The van der Waals surface area contributed by atoms with E-state index >= 15 is 0 Å². The molecule has 0 aliphatic rings. The van der Waals surface area contributed by atoms with Crippen molar-refractivity contribution < 1.29 is 62.9 Å². The number of aliphatic hydroxyl groups is 4. The Bertz CT molecular complexity index is 4540. The summed E-state index contributed by atoms with van der Waals surface area (Å²) in [6, 6.07) is 58.8. The Morgan fingerprint density at radius 2 is 0.613 bits per heavy atom. The molecule has 23 heteroatoms. The zero-order valence-electron chi connectivity index (χ0n) is 58.1. The van der Waals surface area contributed by atoms with Gasteiger partial charge in [-0.1, -0.05) is 71.0 Å². The van der Waals surface area contributed by atoms with Gasteiger partial charge in [-0.25, -0.2) is 54.1 Å². The zero-order chi connectivity index (χ0) is 74.8. The number of hydrogen-bond acceptors (Lipinski definition) is 21. The van der Waals surface area contributed by atoms with Gasteiger partial charge in [-0.05, 0) is 215 Å².